The molecular formula is C16H17NO5S. The first-order valence-corrected chi connectivity index (χ1v) is 8.36. The van der Waals surface area contributed by atoms with E-state index >= 15 is 0 Å². The Labute approximate surface area is 135 Å². The molecule has 7 heteroatoms. The van der Waals surface area contributed by atoms with Gasteiger partial charge >= 0.3 is 5.97 Å². The van der Waals surface area contributed by atoms with E-state index in [-0.39, 0.29) is 22.8 Å². The van der Waals surface area contributed by atoms with Crippen molar-refractivity contribution in [2.75, 3.05) is 18.0 Å². The van der Waals surface area contributed by atoms with Crippen LogP contribution in [0.5, 0.6) is 5.75 Å². The first-order valence-electron chi connectivity index (χ1n) is 6.92. The molecule has 23 heavy (non-hydrogen) atoms. The van der Waals surface area contributed by atoms with Gasteiger partial charge in [0.15, 0.2) is 0 Å². The van der Waals surface area contributed by atoms with Crippen LogP contribution in [0.25, 0.3) is 0 Å². The Kier molecular flexibility index (Phi) is 4.90. The van der Waals surface area contributed by atoms with E-state index in [4.69, 9.17) is 4.74 Å². The summed E-state index contributed by atoms with van der Waals surface area (Å²) < 4.78 is 31.7. The third-order valence-corrected chi connectivity index (χ3v) is 5.04. The van der Waals surface area contributed by atoms with Gasteiger partial charge in [0.05, 0.1) is 17.2 Å². The summed E-state index contributed by atoms with van der Waals surface area (Å²) in [5.41, 5.74) is 0.299. The molecule has 0 saturated carbocycles. The molecule has 2 aromatic carbocycles. The molecule has 0 bridgehead atoms. The van der Waals surface area contributed by atoms with Crippen molar-refractivity contribution in [3.8, 4) is 5.75 Å². The summed E-state index contributed by atoms with van der Waals surface area (Å²) in [6.45, 7) is 2.01. The van der Waals surface area contributed by atoms with Crippen LogP contribution in [0.2, 0.25) is 0 Å². The lowest BCUT2D eigenvalue weighted by molar-refractivity contribution is 0.0692. The Morgan fingerprint density at radius 2 is 1.83 bits per heavy atom. The first-order chi connectivity index (χ1) is 10.9. The molecule has 6 nitrogen and oxygen atoms in total. The summed E-state index contributed by atoms with van der Waals surface area (Å²) in [6, 6.07) is 12.4. The number of hydrogen-bond donors (Lipinski definition) is 1. The molecule has 122 valence electrons. The van der Waals surface area contributed by atoms with Crippen LogP contribution in [0.4, 0.5) is 5.69 Å². The van der Waals surface area contributed by atoms with Crippen LogP contribution in [0.1, 0.15) is 17.3 Å². The highest BCUT2D eigenvalue weighted by atomic mass is 32.2. The Bertz CT molecular complexity index is 802. The van der Waals surface area contributed by atoms with Crippen LogP contribution in [0.3, 0.4) is 0 Å². The van der Waals surface area contributed by atoms with Crippen molar-refractivity contribution in [2.45, 2.75) is 11.8 Å². The Balaban J connectivity index is 2.48. The van der Waals surface area contributed by atoms with Crippen molar-refractivity contribution in [1.82, 2.24) is 0 Å². The van der Waals surface area contributed by atoms with E-state index in [1.54, 1.807) is 37.3 Å². The van der Waals surface area contributed by atoms with Crippen molar-refractivity contribution in [3.05, 3.63) is 54.1 Å². The number of para-hydroxylation sites is 1. The number of rotatable bonds is 6. The van der Waals surface area contributed by atoms with Crippen molar-refractivity contribution in [3.63, 3.8) is 0 Å². The zero-order chi connectivity index (χ0) is 17.0. The summed E-state index contributed by atoms with van der Waals surface area (Å²) in [7, 11) is -2.45. The molecule has 2 aromatic rings. The average molecular weight is 335 g/mol. The number of sulfonamides is 1. The van der Waals surface area contributed by atoms with Gasteiger partial charge < -0.3 is 9.84 Å². The molecule has 0 spiro atoms. The van der Waals surface area contributed by atoms with Gasteiger partial charge in [0.2, 0.25) is 0 Å². The molecule has 0 radical (unpaired) electrons. The highest BCUT2D eigenvalue weighted by Crippen LogP contribution is 2.26. The molecule has 0 aromatic heterocycles. The summed E-state index contributed by atoms with van der Waals surface area (Å²) >= 11 is 0. The normalized spacial score (nSPS) is 11.0. The smallest absolute Gasteiger partial charge is 0.339 e. The fourth-order valence-electron chi connectivity index (χ4n) is 2.05. The molecule has 0 saturated heterocycles. The minimum absolute atomic E-state index is 0.107. The minimum atomic E-state index is -3.87. The van der Waals surface area contributed by atoms with Crippen LogP contribution >= 0.6 is 0 Å². The Morgan fingerprint density at radius 3 is 2.39 bits per heavy atom. The van der Waals surface area contributed by atoms with Crippen molar-refractivity contribution in [1.29, 1.82) is 0 Å². The molecule has 0 unspecified atom stereocenters. The van der Waals surface area contributed by atoms with E-state index in [1.807, 2.05) is 0 Å². The van der Waals surface area contributed by atoms with E-state index in [0.717, 1.165) is 10.4 Å². The molecule has 0 atom stereocenters. The van der Waals surface area contributed by atoms with Crippen molar-refractivity contribution < 1.29 is 23.1 Å². The maximum absolute atomic E-state index is 12.7. The van der Waals surface area contributed by atoms with E-state index in [0.29, 0.717) is 5.69 Å². The summed E-state index contributed by atoms with van der Waals surface area (Å²) in [4.78, 5) is 11.2. The zero-order valence-corrected chi connectivity index (χ0v) is 13.6. The number of carboxylic acid groups (broad SMARTS) is 1. The summed E-state index contributed by atoms with van der Waals surface area (Å²) in [5.74, 6) is -1.10. The first kappa shape index (κ1) is 16.8. The van der Waals surface area contributed by atoms with Gasteiger partial charge in [-0.1, -0.05) is 18.2 Å². The molecular weight excluding hydrogens is 318 g/mol. The van der Waals surface area contributed by atoms with Gasteiger partial charge in [0.25, 0.3) is 10.0 Å². The number of aromatic carboxylic acids is 1. The lowest BCUT2D eigenvalue weighted by Gasteiger charge is -2.20. The van der Waals surface area contributed by atoms with Crippen LogP contribution < -0.4 is 9.04 Å². The predicted molar refractivity (Wildman–Crippen MR) is 86.6 cm³/mol. The number of nitrogens with zero attached hydrogens (tertiary/aromatic N) is 1. The van der Waals surface area contributed by atoms with Gasteiger partial charge in [-0.15, -0.1) is 0 Å². The second-order valence-electron chi connectivity index (χ2n) is 4.70. The van der Waals surface area contributed by atoms with Gasteiger partial charge in [-0.05, 0) is 37.3 Å². The fourth-order valence-corrected chi connectivity index (χ4v) is 3.28. The summed E-state index contributed by atoms with van der Waals surface area (Å²) in [6.07, 6.45) is 0. The molecule has 1 N–H and O–H groups in total. The Hall–Kier alpha value is -2.54. The SMILES string of the molecule is CCOc1ccc(S(=O)(=O)N(C)c2ccccc2)cc1C(=O)O. The number of benzene rings is 2. The molecule has 0 amide bonds. The predicted octanol–water partition coefficient (Wildman–Crippen LogP) is 2.61. The average Bonchev–Trinajstić information content (AvgIpc) is 2.55. The highest BCUT2D eigenvalue weighted by Gasteiger charge is 2.24. The van der Waals surface area contributed by atoms with Gasteiger partial charge in [0.1, 0.15) is 11.3 Å². The second-order valence-corrected chi connectivity index (χ2v) is 6.67. The highest BCUT2D eigenvalue weighted by molar-refractivity contribution is 7.92. The molecule has 0 aliphatic carbocycles. The standard InChI is InChI=1S/C16H17NO5S/c1-3-22-15-10-9-13(11-14(15)16(18)19)23(20,21)17(2)12-7-5-4-6-8-12/h4-11H,3H2,1-2H3,(H,18,19). The van der Waals surface area contributed by atoms with Crippen LogP contribution in [-0.2, 0) is 10.0 Å². The van der Waals surface area contributed by atoms with Gasteiger partial charge in [-0.2, -0.15) is 0 Å². The number of anilines is 1. The number of hydrogen-bond acceptors (Lipinski definition) is 4. The van der Waals surface area contributed by atoms with E-state index in [2.05, 4.69) is 0 Å². The monoisotopic (exact) mass is 335 g/mol. The molecule has 0 aliphatic heterocycles. The number of carboxylic acids is 1. The van der Waals surface area contributed by atoms with Gasteiger partial charge in [-0.25, -0.2) is 13.2 Å². The quantitative estimate of drug-likeness (QED) is 0.877. The third kappa shape index (κ3) is 3.45. The van der Waals surface area contributed by atoms with Crippen LogP contribution in [0.15, 0.2) is 53.4 Å². The topological polar surface area (TPSA) is 83.9 Å². The minimum Gasteiger partial charge on any atom is -0.493 e. The van der Waals surface area contributed by atoms with Crippen LogP contribution in [0, 0.1) is 0 Å². The maximum Gasteiger partial charge on any atom is 0.339 e. The second kappa shape index (κ2) is 6.70. The van der Waals surface area contributed by atoms with Gasteiger partial charge in [0, 0.05) is 7.05 Å². The summed E-state index contributed by atoms with van der Waals surface area (Å²) in [5, 5.41) is 9.25. The van der Waals surface area contributed by atoms with Crippen LogP contribution in [-0.4, -0.2) is 33.1 Å². The van der Waals surface area contributed by atoms with E-state index in [9.17, 15) is 18.3 Å². The maximum atomic E-state index is 12.7. The fraction of sp³-hybridized carbons (Fsp3) is 0.188. The lowest BCUT2D eigenvalue weighted by Crippen LogP contribution is -2.26. The van der Waals surface area contributed by atoms with Gasteiger partial charge in [-0.3, -0.25) is 4.31 Å². The van der Waals surface area contributed by atoms with Crippen molar-refractivity contribution in [2.24, 2.45) is 0 Å². The van der Waals surface area contributed by atoms with Crippen molar-refractivity contribution >= 4 is 21.7 Å². The van der Waals surface area contributed by atoms with E-state index < -0.39 is 16.0 Å². The number of carbonyl (C=O) groups is 1. The molecule has 0 heterocycles. The Morgan fingerprint density at radius 1 is 1.17 bits per heavy atom. The van der Waals surface area contributed by atoms with E-state index in [1.165, 1.54) is 19.2 Å². The third-order valence-electron chi connectivity index (χ3n) is 3.26. The lowest BCUT2D eigenvalue weighted by atomic mass is 10.2. The molecule has 0 aliphatic rings. The largest absolute Gasteiger partial charge is 0.493 e. The number of ether oxygens (including phenoxy) is 1. The molecule has 2 rings (SSSR count). The zero-order valence-electron chi connectivity index (χ0n) is 12.8. The molecule has 0 fully saturated rings.